The van der Waals surface area contributed by atoms with Crippen molar-refractivity contribution in [2.75, 3.05) is 0 Å². The van der Waals surface area contributed by atoms with Gasteiger partial charge in [0.2, 0.25) is 0 Å². The van der Waals surface area contributed by atoms with Crippen LogP contribution in [0.2, 0.25) is 0 Å². The Morgan fingerprint density at radius 2 is 0.513 bits per heavy atom. The molecule has 2 aliphatic carbocycles. The molecule has 23 rings (SSSR count). The van der Waals surface area contributed by atoms with Crippen LogP contribution < -0.4 is 0 Å². The Morgan fingerprint density at radius 1 is 0.176 bits per heavy atom. The van der Waals surface area contributed by atoms with Crippen LogP contribution >= 0.6 is 0 Å². The molecule has 554 valence electrons. The maximum atomic E-state index is 6.51. The molecule has 0 saturated heterocycles. The molecule has 0 aliphatic heterocycles. The van der Waals surface area contributed by atoms with Crippen molar-refractivity contribution in [2.45, 2.75) is 10.8 Å². The third kappa shape index (κ3) is 11.3. The first-order valence-corrected chi connectivity index (χ1v) is 40.6. The lowest BCUT2D eigenvalue weighted by Gasteiger charge is -2.33. The van der Waals surface area contributed by atoms with Crippen molar-refractivity contribution in [1.29, 1.82) is 0 Å². The molecule has 0 saturated carbocycles. The van der Waals surface area contributed by atoms with E-state index in [1.807, 2.05) is 42.7 Å². The van der Waals surface area contributed by atoms with E-state index >= 15 is 0 Å². The van der Waals surface area contributed by atoms with Gasteiger partial charge in [0, 0.05) is 67.7 Å². The Morgan fingerprint density at radius 3 is 0.992 bits per heavy atom. The molecular formula is C113H71N5O. The Hall–Kier alpha value is -15.6. The molecular weight excluding hydrogens is 1440 g/mol. The van der Waals surface area contributed by atoms with Gasteiger partial charge < -0.3 is 4.42 Å². The number of pyridine rings is 1. The summed E-state index contributed by atoms with van der Waals surface area (Å²) in [7, 11) is 0. The summed E-state index contributed by atoms with van der Waals surface area (Å²) >= 11 is 0. The highest BCUT2D eigenvalue weighted by Gasteiger charge is 2.48. The molecule has 0 unspecified atom stereocenters. The number of hydrogen-bond acceptors (Lipinski definition) is 6. The zero-order valence-electron chi connectivity index (χ0n) is 64.6. The van der Waals surface area contributed by atoms with Crippen molar-refractivity contribution >= 4 is 43.5 Å². The number of furan rings is 1. The summed E-state index contributed by atoms with van der Waals surface area (Å²) < 4.78 is 6.51. The monoisotopic (exact) mass is 1510 g/mol. The van der Waals surface area contributed by atoms with Crippen LogP contribution in [0.3, 0.4) is 0 Å². The molecule has 0 bridgehead atoms. The highest BCUT2D eigenvalue weighted by Crippen LogP contribution is 2.59. The summed E-state index contributed by atoms with van der Waals surface area (Å²) in [6.07, 6.45) is 3.88. The Labute approximate surface area is 689 Å². The van der Waals surface area contributed by atoms with Crippen molar-refractivity contribution in [2.24, 2.45) is 0 Å². The topological polar surface area (TPSA) is 77.6 Å². The number of benzene rings is 17. The van der Waals surface area contributed by atoms with Crippen LogP contribution in [-0.2, 0) is 10.8 Å². The van der Waals surface area contributed by atoms with Crippen LogP contribution in [0, 0.1) is 0 Å². The predicted molar refractivity (Wildman–Crippen MR) is 487 cm³/mol. The second-order valence-corrected chi connectivity index (χ2v) is 31.2. The fourth-order valence-corrected chi connectivity index (χ4v) is 19.4. The quantitative estimate of drug-likeness (QED) is 0.108. The molecule has 119 heavy (non-hydrogen) atoms. The molecule has 0 amide bonds. The first kappa shape index (κ1) is 68.9. The molecule has 0 atom stereocenters. The van der Waals surface area contributed by atoms with E-state index in [-0.39, 0.29) is 0 Å². The smallest absolute Gasteiger partial charge is 0.160 e. The van der Waals surface area contributed by atoms with E-state index < -0.39 is 10.8 Å². The zero-order chi connectivity index (χ0) is 78.5. The molecule has 2 aliphatic rings. The molecule has 6 heteroatoms. The molecule has 0 radical (unpaired) electrons. The van der Waals surface area contributed by atoms with Crippen LogP contribution in [0.5, 0.6) is 0 Å². The van der Waals surface area contributed by atoms with Crippen molar-refractivity contribution in [3.8, 4) is 135 Å². The van der Waals surface area contributed by atoms with Crippen molar-refractivity contribution in [3.05, 3.63) is 475 Å². The van der Waals surface area contributed by atoms with Gasteiger partial charge in [-0.05, 0) is 170 Å². The van der Waals surface area contributed by atoms with Crippen LogP contribution in [0.1, 0.15) is 44.5 Å². The van der Waals surface area contributed by atoms with Gasteiger partial charge in [-0.1, -0.05) is 370 Å². The van der Waals surface area contributed by atoms with Crippen molar-refractivity contribution in [3.63, 3.8) is 0 Å². The fourth-order valence-electron chi connectivity index (χ4n) is 19.4. The average Bonchev–Trinajstić information content (AvgIpc) is 1.54. The van der Waals surface area contributed by atoms with Gasteiger partial charge in [0.25, 0.3) is 0 Å². The van der Waals surface area contributed by atoms with Gasteiger partial charge in [-0.15, -0.1) is 0 Å². The van der Waals surface area contributed by atoms with Crippen LogP contribution in [0.4, 0.5) is 0 Å². The largest absolute Gasteiger partial charge is 0.456 e. The van der Waals surface area contributed by atoms with E-state index in [0.29, 0.717) is 11.6 Å². The number of rotatable bonds is 14. The third-order valence-electron chi connectivity index (χ3n) is 24.8. The zero-order valence-corrected chi connectivity index (χ0v) is 64.6. The fraction of sp³-hybridized carbons (Fsp3) is 0.0177. The summed E-state index contributed by atoms with van der Waals surface area (Å²) in [6, 6.07) is 151. The Balaban J connectivity index is 0.571. The second kappa shape index (κ2) is 28.1. The van der Waals surface area contributed by atoms with E-state index in [2.05, 4.69) is 388 Å². The molecule has 21 aromatic rings. The predicted octanol–water partition coefficient (Wildman–Crippen LogP) is 28.3. The number of aromatic nitrogens is 5. The molecule has 17 aromatic carbocycles. The van der Waals surface area contributed by atoms with Gasteiger partial charge in [0.1, 0.15) is 11.2 Å². The standard InChI is InChI=1S/C113H71N5O/c1-6-26-75(27-7-1)110-115-104(68-106(117-110)94-60-58-86(88-36-16-18-38-90(88)94)77-55-62-102-98(65-77)92-40-20-23-43-100(92)112(102,82-28-8-2-9-29-82)83-30-10-3-11-31-83)74-50-46-72(47-51-74)80-64-81(71-114-70-80)73-48-52-76(53-49-73)111-116-105(79-54-57-97-96-42-22-25-45-108(96)119-109(97)67-79)69-107(118-111)95-61-59-87(89-37-17-19-39-91(89)95)78-56-63-103-99(66-78)93-41-21-24-44-101(93)113(103,84-32-12-4-13-33-84)85-34-14-5-15-35-85/h1-71H. The van der Waals surface area contributed by atoms with Gasteiger partial charge in [0.15, 0.2) is 11.6 Å². The van der Waals surface area contributed by atoms with E-state index in [1.165, 1.54) is 66.8 Å². The maximum Gasteiger partial charge on any atom is 0.160 e. The van der Waals surface area contributed by atoms with Crippen LogP contribution in [0.25, 0.3) is 178 Å². The highest BCUT2D eigenvalue weighted by molar-refractivity contribution is 6.09. The second-order valence-electron chi connectivity index (χ2n) is 31.2. The van der Waals surface area contributed by atoms with Gasteiger partial charge in [0.05, 0.1) is 33.6 Å². The van der Waals surface area contributed by atoms with Crippen LogP contribution in [0.15, 0.2) is 435 Å². The molecule has 6 nitrogen and oxygen atoms in total. The number of fused-ring (bicyclic) bond motifs is 11. The Kier molecular flexibility index (Phi) is 16.3. The van der Waals surface area contributed by atoms with Crippen molar-refractivity contribution < 1.29 is 4.42 Å². The molecule has 4 heterocycles. The maximum absolute atomic E-state index is 6.51. The minimum Gasteiger partial charge on any atom is -0.456 e. The molecule has 4 aromatic heterocycles. The lowest BCUT2D eigenvalue weighted by molar-refractivity contribution is 0.669. The Bertz CT molecular complexity index is 7490. The van der Waals surface area contributed by atoms with Gasteiger partial charge in [-0.2, -0.15) is 0 Å². The molecule has 0 spiro atoms. The number of nitrogens with zero attached hydrogens (tertiary/aromatic N) is 5. The van der Waals surface area contributed by atoms with Crippen molar-refractivity contribution in [1.82, 2.24) is 24.9 Å². The minimum atomic E-state index is -0.489. The molecule has 0 N–H and O–H groups in total. The number of hydrogen-bond donors (Lipinski definition) is 0. The van der Waals surface area contributed by atoms with E-state index in [4.69, 9.17) is 29.3 Å². The minimum absolute atomic E-state index is 0.477. The van der Waals surface area contributed by atoms with Gasteiger partial charge in [-0.3, -0.25) is 4.98 Å². The van der Waals surface area contributed by atoms with E-state index in [0.717, 1.165) is 144 Å². The summed E-state index contributed by atoms with van der Waals surface area (Å²) in [6.45, 7) is 0. The highest BCUT2D eigenvalue weighted by atomic mass is 16.3. The SMILES string of the molecule is c1ccc(-c2nc(-c3ccc(-c4cncc(-c5ccc(-c6nc(-c7ccc8c(c7)oc7ccccc78)cc(-c7ccc(-c8ccc9c(c8)-c8ccccc8C9(c8ccccc8)c8ccccc8)c8ccccc78)n6)cc5)c4)cc3)cc(-c3ccc(-c4ccc5c(c4)-c4ccccc4C5(c4ccccc4)c4ccccc4)c4ccccc34)n2)cc1. The molecule has 0 fully saturated rings. The van der Waals surface area contributed by atoms with E-state index in [9.17, 15) is 0 Å². The van der Waals surface area contributed by atoms with E-state index in [1.54, 1.807) is 0 Å². The normalized spacial score (nSPS) is 12.8. The van der Waals surface area contributed by atoms with Crippen LogP contribution in [-0.4, -0.2) is 24.9 Å². The summed E-state index contributed by atoms with van der Waals surface area (Å²) in [5, 5.41) is 6.63. The summed E-state index contributed by atoms with van der Waals surface area (Å²) in [5.74, 6) is 1.27. The average molecular weight is 1510 g/mol. The third-order valence-corrected chi connectivity index (χ3v) is 24.8. The first-order chi connectivity index (χ1) is 59.0. The lowest BCUT2D eigenvalue weighted by Crippen LogP contribution is -2.28. The van der Waals surface area contributed by atoms with Gasteiger partial charge in [-0.25, -0.2) is 19.9 Å². The summed E-state index contributed by atoms with van der Waals surface area (Å²) in [4.78, 5) is 26.5. The lowest BCUT2D eigenvalue weighted by atomic mass is 9.67. The number of para-hydroxylation sites is 1. The van der Waals surface area contributed by atoms with Gasteiger partial charge >= 0.3 is 0 Å². The summed E-state index contributed by atoms with van der Waals surface area (Å²) in [5.41, 5.74) is 33.5. The first-order valence-electron chi connectivity index (χ1n) is 40.6.